The second kappa shape index (κ2) is 10.1. The summed E-state index contributed by atoms with van der Waals surface area (Å²) in [6.45, 7) is 4.10. The van der Waals surface area contributed by atoms with Crippen molar-refractivity contribution in [1.82, 2.24) is 5.32 Å². The summed E-state index contributed by atoms with van der Waals surface area (Å²) in [5.41, 5.74) is 2.18. The molecule has 3 aromatic rings. The third-order valence-electron chi connectivity index (χ3n) is 4.70. The standard InChI is InChI=1S/C24H23F2N3OS/c1-15(2)22(16-7-9-17(25)10-8-16)29-24(31)28-19-13-11-18(12-14-19)27-23(30)20-5-3-4-6-21(20)26/h3-15,22H,1-2H3,(H,27,30)(H2,28,29,31). The van der Waals surface area contributed by atoms with Crippen LogP contribution in [0.15, 0.2) is 72.8 Å². The Hall–Kier alpha value is -3.32. The van der Waals surface area contributed by atoms with Crippen molar-refractivity contribution >= 4 is 34.6 Å². The van der Waals surface area contributed by atoms with E-state index in [2.05, 4.69) is 29.8 Å². The number of halogens is 2. The highest BCUT2D eigenvalue weighted by atomic mass is 32.1. The van der Waals surface area contributed by atoms with Gasteiger partial charge in [-0.1, -0.05) is 38.1 Å². The van der Waals surface area contributed by atoms with Crippen LogP contribution >= 0.6 is 12.2 Å². The molecule has 31 heavy (non-hydrogen) atoms. The number of hydrogen-bond acceptors (Lipinski definition) is 2. The molecule has 0 saturated carbocycles. The third-order valence-corrected chi connectivity index (χ3v) is 4.92. The molecule has 1 amide bonds. The quantitative estimate of drug-likeness (QED) is 0.419. The van der Waals surface area contributed by atoms with Gasteiger partial charge in [0.2, 0.25) is 0 Å². The minimum atomic E-state index is -0.574. The van der Waals surface area contributed by atoms with Gasteiger partial charge in [0.05, 0.1) is 11.6 Å². The molecule has 0 aliphatic carbocycles. The molecule has 3 N–H and O–H groups in total. The van der Waals surface area contributed by atoms with E-state index in [0.29, 0.717) is 10.8 Å². The van der Waals surface area contributed by atoms with Gasteiger partial charge in [0, 0.05) is 11.4 Å². The fourth-order valence-corrected chi connectivity index (χ4v) is 3.34. The number of benzene rings is 3. The molecular formula is C24H23F2N3OS. The number of anilines is 2. The monoisotopic (exact) mass is 439 g/mol. The lowest BCUT2D eigenvalue weighted by molar-refractivity contribution is 0.102. The number of carbonyl (C=O) groups excluding carboxylic acids is 1. The van der Waals surface area contributed by atoms with E-state index >= 15 is 0 Å². The smallest absolute Gasteiger partial charge is 0.258 e. The van der Waals surface area contributed by atoms with Crippen LogP contribution in [0.3, 0.4) is 0 Å². The van der Waals surface area contributed by atoms with Gasteiger partial charge in [0.15, 0.2) is 5.11 Å². The van der Waals surface area contributed by atoms with Crippen molar-refractivity contribution in [2.45, 2.75) is 19.9 Å². The number of rotatable bonds is 6. The predicted molar refractivity (Wildman–Crippen MR) is 124 cm³/mol. The molecule has 0 saturated heterocycles. The molecule has 1 unspecified atom stereocenters. The van der Waals surface area contributed by atoms with E-state index in [4.69, 9.17) is 12.2 Å². The van der Waals surface area contributed by atoms with Crippen LogP contribution in [0.25, 0.3) is 0 Å². The fourth-order valence-electron chi connectivity index (χ4n) is 3.09. The summed E-state index contributed by atoms with van der Waals surface area (Å²) in [6, 6.07) is 19.0. The lowest BCUT2D eigenvalue weighted by Gasteiger charge is -2.25. The Kier molecular flexibility index (Phi) is 7.31. The molecule has 4 nitrogen and oxygen atoms in total. The molecule has 0 bridgehead atoms. The highest BCUT2D eigenvalue weighted by Gasteiger charge is 2.17. The Morgan fingerprint density at radius 1 is 0.839 bits per heavy atom. The second-order valence-electron chi connectivity index (χ2n) is 7.38. The van der Waals surface area contributed by atoms with Crippen molar-refractivity contribution in [1.29, 1.82) is 0 Å². The lowest BCUT2D eigenvalue weighted by Crippen LogP contribution is -2.34. The van der Waals surface area contributed by atoms with E-state index in [1.54, 1.807) is 42.5 Å². The maximum absolute atomic E-state index is 13.7. The van der Waals surface area contributed by atoms with Gasteiger partial charge in [-0.25, -0.2) is 8.78 Å². The SMILES string of the molecule is CC(C)C(NC(=S)Nc1ccc(NC(=O)c2ccccc2F)cc1)c1ccc(F)cc1. The normalized spacial score (nSPS) is 11.6. The van der Waals surface area contributed by atoms with Crippen LogP contribution < -0.4 is 16.0 Å². The van der Waals surface area contributed by atoms with Gasteiger partial charge < -0.3 is 16.0 Å². The maximum atomic E-state index is 13.7. The molecule has 3 aromatic carbocycles. The van der Waals surface area contributed by atoms with E-state index in [-0.39, 0.29) is 23.3 Å². The van der Waals surface area contributed by atoms with Gasteiger partial charge in [0.25, 0.3) is 5.91 Å². The van der Waals surface area contributed by atoms with Gasteiger partial charge in [-0.2, -0.15) is 0 Å². The van der Waals surface area contributed by atoms with Crippen molar-refractivity contribution in [3.63, 3.8) is 0 Å². The Labute approximate surface area is 185 Å². The number of carbonyl (C=O) groups is 1. The summed E-state index contributed by atoms with van der Waals surface area (Å²) in [4.78, 5) is 12.2. The first-order valence-corrected chi connectivity index (χ1v) is 10.2. The van der Waals surface area contributed by atoms with Gasteiger partial charge in [-0.15, -0.1) is 0 Å². The van der Waals surface area contributed by atoms with E-state index in [0.717, 1.165) is 11.3 Å². The molecule has 3 rings (SSSR count). The molecular weight excluding hydrogens is 416 g/mol. The summed E-state index contributed by atoms with van der Waals surface area (Å²) in [6.07, 6.45) is 0. The van der Waals surface area contributed by atoms with Crippen LogP contribution in [0.1, 0.15) is 35.8 Å². The minimum absolute atomic E-state index is 0.0180. The lowest BCUT2D eigenvalue weighted by atomic mass is 9.96. The van der Waals surface area contributed by atoms with E-state index < -0.39 is 11.7 Å². The Bertz CT molecular complexity index is 1050. The Morgan fingerprint density at radius 3 is 2.00 bits per heavy atom. The van der Waals surface area contributed by atoms with Gasteiger partial charge in [0.1, 0.15) is 11.6 Å². The van der Waals surface area contributed by atoms with E-state index in [1.807, 2.05) is 0 Å². The van der Waals surface area contributed by atoms with Crippen LogP contribution in [0, 0.1) is 17.6 Å². The number of hydrogen-bond donors (Lipinski definition) is 3. The highest BCUT2D eigenvalue weighted by molar-refractivity contribution is 7.80. The zero-order valence-electron chi connectivity index (χ0n) is 17.2. The van der Waals surface area contributed by atoms with Gasteiger partial charge >= 0.3 is 0 Å². The molecule has 0 fully saturated rings. The molecule has 160 valence electrons. The zero-order valence-corrected chi connectivity index (χ0v) is 18.0. The summed E-state index contributed by atoms with van der Waals surface area (Å²) < 4.78 is 27.0. The van der Waals surface area contributed by atoms with E-state index in [1.165, 1.54) is 30.3 Å². The average molecular weight is 440 g/mol. The second-order valence-corrected chi connectivity index (χ2v) is 7.79. The fraction of sp³-hybridized carbons (Fsp3) is 0.167. The highest BCUT2D eigenvalue weighted by Crippen LogP contribution is 2.22. The zero-order chi connectivity index (χ0) is 22.4. The van der Waals surface area contributed by atoms with Crippen LogP contribution in [-0.4, -0.2) is 11.0 Å². The summed E-state index contributed by atoms with van der Waals surface area (Å²) in [5.74, 6) is -1.15. The molecule has 7 heteroatoms. The molecule has 0 aromatic heterocycles. The largest absolute Gasteiger partial charge is 0.355 e. The Morgan fingerprint density at radius 2 is 1.42 bits per heavy atom. The molecule has 0 spiro atoms. The predicted octanol–water partition coefficient (Wildman–Crippen LogP) is 5.90. The van der Waals surface area contributed by atoms with Crippen LogP contribution in [0.4, 0.5) is 20.2 Å². The maximum Gasteiger partial charge on any atom is 0.258 e. The van der Waals surface area contributed by atoms with Crippen LogP contribution in [-0.2, 0) is 0 Å². The van der Waals surface area contributed by atoms with Gasteiger partial charge in [-0.3, -0.25) is 4.79 Å². The van der Waals surface area contributed by atoms with Crippen LogP contribution in [0.2, 0.25) is 0 Å². The first kappa shape index (κ1) is 22.4. The van der Waals surface area contributed by atoms with Crippen LogP contribution in [0.5, 0.6) is 0 Å². The molecule has 1 atom stereocenters. The molecule has 0 aliphatic rings. The van der Waals surface area contributed by atoms with Crippen molar-refractivity contribution in [3.05, 3.63) is 95.6 Å². The first-order valence-electron chi connectivity index (χ1n) is 9.82. The molecule has 0 aliphatic heterocycles. The third kappa shape index (κ3) is 6.08. The molecule has 0 radical (unpaired) electrons. The van der Waals surface area contributed by atoms with Crippen molar-refractivity contribution < 1.29 is 13.6 Å². The molecule has 0 heterocycles. The first-order chi connectivity index (χ1) is 14.8. The van der Waals surface area contributed by atoms with Crippen molar-refractivity contribution in [3.8, 4) is 0 Å². The Balaban J connectivity index is 1.61. The summed E-state index contributed by atoms with van der Waals surface area (Å²) in [5, 5.41) is 9.45. The summed E-state index contributed by atoms with van der Waals surface area (Å²) in [7, 11) is 0. The topological polar surface area (TPSA) is 53.2 Å². The number of thiocarbonyl (C=S) groups is 1. The minimum Gasteiger partial charge on any atom is -0.355 e. The van der Waals surface area contributed by atoms with Gasteiger partial charge in [-0.05, 0) is 72.2 Å². The summed E-state index contributed by atoms with van der Waals surface area (Å²) >= 11 is 5.43. The van der Waals surface area contributed by atoms with E-state index in [9.17, 15) is 13.6 Å². The average Bonchev–Trinajstić information content (AvgIpc) is 2.74. The van der Waals surface area contributed by atoms with Crippen molar-refractivity contribution in [2.24, 2.45) is 5.92 Å². The number of amides is 1. The number of nitrogens with one attached hydrogen (secondary N) is 3. The van der Waals surface area contributed by atoms with Crippen molar-refractivity contribution in [2.75, 3.05) is 10.6 Å².